The van der Waals surface area contributed by atoms with E-state index in [1.807, 2.05) is 0 Å². The normalized spacial score (nSPS) is 11.1. The van der Waals surface area contributed by atoms with Gasteiger partial charge in [-0.15, -0.1) is 0 Å². The number of ether oxygens (including phenoxy) is 1. The lowest BCUT2D eigenvalue weighted by Gasteiger charge is -2.12. The summed E-state index contributed by atoms with van der Waals surface area (Å²) < 4.78 is 29.4. The number of para-hydroxylation sites is 1. The number of nitrogen functional groups attached to an aromatic ring is 1. The molecule has 1 amide bonds. The van der Waals surface area contributed by atoms with Gasteiger partial charge in [0.05, 0.1) is 24.1 Å². The van der Waals surface area contributed by atoms with Crippen LogP contribution in [-0.2, 0) is 10.0 Å². The quantitative estimate of drug-likeness (QED) is 0.483. The Hall–Kier alpha value is -1.80. The lowest BCUT2D eigenvalue weighted by molar-refractivity contribution is 0.0950. The van der Waals surface area contributed by atoms with Gasteiger partial charge in [0.2, 0.25) is 10.0 Å². The third-order valence-electron chi connectivity index (χ3n) is 2.35. The molecule has 112 valence electrons. The van der Waals surface area contributed by atoms with Gasteiger partial charge in [0.1, 0.15) is 0 Å². The minimum Gasteiger partial charge on any atom is -0.491 e. The molecule has 1 rings (SSSR count). The van der Waals surface area contributed by atoms with Crippen LogP contribution in [0.25, 0.3) is 0 Å². The Labute approximate surface area is 118 Å². The predicted octanol–water partition coefficient (Wildman–Crippen LogP) is -0.0535. The molecule has 0 aromatic heterocycles. The second-order valence-electron chi connectivity index (χ2n) is 4.08. The summed E-state index contributed by atoms with van der Waals surface area (Å²) in [6, 6.07) is 4.90. The summed E-state index contributed by atoms with van der Waals surface area (Å²) in [7, 11) is -3.26. The van der Waals surface area contributed by atoms with Gasteiger partial charge in [-0.25, -0.2) is 13.1 Å². The number of carbonyl (C=O) groups excluding carboxylic acids is 1. The minimum atomic E-state index is -3.26. The molecule has 0 fully saturated rings. The molecular formula is C12H19N3O4S. The third kappa shape index (κ3) is 5.06. The van der Waals surface area contributed by atoms with E-state index < -0.39 is 10.0 Å². The van der Waals surface area contributed by atoms with Crippen molar-refractivity contribution in [1.29, 1.82) is 0 Å². The van der Waals surface area contributed by atoms with Crippen molar-refractivity contribution in [3.63, 3.8) is 0 Å². The number of nitrogens with two attached hydrogens (primary N) is 1. The summed E-state index contributed by atoms with van der Waals surface area (Å²) in [5.74, 6) is -0.0281. The van der Waals surface area contributed by atoms with Crippen LogP contribution in [0.5, 0.6) is 5.75 Å². The van der Waals surface area contributed by atoms with Crippen molar-refractivity contribution in [3.05, 3.63) is 23.8 Å². The number of hydrogen-bond acceptors (Lipinski definition) is 5. The van der Waals surface area contributed by atoms with E-state index in [0.717, 1.165) is 6.26 Å². The number of nitrogens with one attached hydrogen (secondary N) is 2. The van der Waals surface area contributed by atoms with Crippen LogP contribution in [0.3, 0.4) is 0 Å². The van der Waals surface area contributed by atoms with Crippen LogP contribution >= 0.6 is 0 Å². The largest absolute Gasteiger partial charge is 0.491 e. The van der Waals surface area contributed by atoms with E-state index in [1.165, 1.54) is 0 Å². The molecule has 1 aromatic rings. The molecule has 8 heteroatoms. The molecule has 0 bridgehead atoms. The molecule has 4 N–H and O–H groups in total. The number of anilines is 1. The number of carbonyl (C=O) groups is 1. The van der Waals surface area contributed by atoms with Gasteiger partial charge < -0.3 is 15.8 Å². The van der Waals surface area contributed by atoms with Gasteiger partial charge in [-0.2, -0.15) is 0 Å². The van der Waals surface area contributed by atoms with Crippen LogP contribution in [0.4, 0.5) is 5.69 Å². The number of benzene rings is 1. The summed E-state index contributed by atoms with van der Waals surface area (Å²) in [4.78, 5) is 12.0. The first-order valence-electron chi connectivity index (χ1n) is 6.09. The van der Waals surface area contributed by atoms with Gasteiger partial charge in [-0.1, -0.05) is 6.07 Å². The maximum atomic E-state index is 12.0. The lowest BCUT2D eigenvalue weighted by atomic mass is 10.1. The van der Waals surface area contributed by atoms with Crippen molar-refractivity contribution < 1.29 is 17.9 Å². The smallest absolute Gasteiger partial charge is 0.255 e. The number of hydrogen-bond donors (Lipinski definition) is 3. The Kier molecular flexibility index (Phi) is 5.78. The fourth-order valence-corrected chi connectivity index (χ4v) is 2.02. The molecule has 0 aliphatic heterocycles. The fourth-order valence-electron chi connectivity index (χ4n) is 1.55. The predicted molar refractivity (Wildman–Crippen MR) is 77.2 cm³/mol. The summed E-state index contributed by atoms with van der Waals surface area (Å²) in [6.07, 6.45) is 1.06. The van der Waals surface area contributed by atoms with Crippen molar-refractivity contribution in [2.45, 2.75) is 6.92 Å². The summed E-state index contributed by atoms with van der Waals surface area (Å²) in [5, 5.41) is 2.60. The highest BCUT2D eigenvalue weighted by Gasteiger charge is 2.14. The van der Waals surface area contributed by atoms with Gasteiger partial charge >= 0.3 is 0 Å². The third-order valence-corrected chi connectivity index (χ3v) is 3.08. The maximum Gasteiger partial charge on any atom is 0.255 e. The standard InChI is InChI=1S/C12H19N3O4S/c1-3-19-11-9(5-4-6-10(11)13)12(16)14-7-8-15-20(2,17)18/h4-6,15H,3,7-8,13H2,1-2H3,(H,14,16). The van der Waals surface area contributed by atoms with Crippen molar-refractivity contribution in [2.24, 2.45) is 0 Å². The van der Waals surface area contributed by atoms with E-state index in [4.69, 9.17) is 10.5 Å². The molecule has 0 atom stereocenters. The van der Waals surface area contributed by atoms with E-state index in [-0.39, 0.29) is 19.0 Å². The SMILES string of the molecule is CCOc1c(N)cccc1C(=O)NCCNS(C)(=O)=O. The van der Waals surface area contributed by atoms with Crippen LogP contribution in [0.15, 0.2) is 18.2 Å². The topological polar surface area (TPSA) is 111 Å². The first-order chi connectivity index (χ1) is 9.35. The van der Waals surface area contributed by atoms with Crippen LogP contribution in [0.1, 0.15) is 17.3 Å². The average molecular weight is 301 g/mol. The zero-order chi connectivity index (χ0) is 15.2. The van der Waals surface area contributed by atoms with Gasteiger partial charge in [0.15, 0.2) is 5.75 Å². The second kappa shape index (κ2) is 7.11. The molecule has 0 unspecified atom stereocenters. The first-order valence-corrected chi connectivity index (χ1v) is 7.98. The van der Waals surface area contributed by atoms with Crippen molar-refractivity contribution >= 4 is 21.6 Å². The molecule has 0 spiro atoms. The van der Waals surface area contributed by atoms with Crippen LogP contribution < -0.4 is 20.5 Å². The van der Waals surface area contributed by atoms with E-state index in [0.29, 0.717) is 23.6 Å². The highest BCUT2D eigenvalue weighted by Crippen LogP contribution is 2.26. The monoisotopic (exact) mass is 301 g/mol. The van der Waals surface area contributed by atoms with E-state index in [9.17, 15) is 13.2 Å². The Morgan fingerprint density at radius 2 is 2.05 bits per heavy atom. The molecule has 7 nitrogen and oxygen atoms in total. The highest BCUT2D eigenvalue weighted by atomic mass is 32.2. The van der Waals surface area contributed by atoms with Gasteiger partial charge in [0, 0.05) is 13.1 Å². The fraction of sp³-hybridized carbons (Fsp3) is 0.417. The molecule has 0 saturated carbocycles. The summed E-state index contributed by atoms with van der Waals surface area (Å²) in [5.41, 5.74) is 6.47. The zero-order valence-electron chi connectivity index (χ0n) is 11.5. The van der Waals surface area contributed by atoms with Crippen LogP contribution in [0.2, 0.25) is 0 Å². The summed E-state index contributed by atoms with van der Waals surface area (Å²) in [6.45, 7) is 2.48. The van der Waals surface area contributed by atoms with Crippen molar-refractivity contribution in [3.8, 4) is 5.75 Å². The molecule has 0 aliphatic carbocycles. The average Bonchev–Trinajstić information content (AvgIpc) is 2.36. The Bertz CT molecular complexity index is 572. The van der Waals surface area contributed by atoms with E-state index in [1.54, 1.807) is 25.1 Å². The van der Waals surface area contributed by atoms with E-state index >= 15 is 0 Å². The molecule has 0 aliphatic rings. The first kappa shape index (κ1) is 16.3. The Balaban J connectivity index is 2.66. The van der Waals surface area contributed by atoms with Gasteiger partial charge in [0.25, 0.3) is 5.91 Å². The molecule has 1 aromatic carbocycles. The zero-order valence-corrected chi connectivity index (χ0v) is 12.3. The van der Waals surface area contributed by atoms with Crippen molar-refractivity contribution in [2.75, 3.05) is 31.7 Å². The number of amides is 1. The Morgan fingerprint density at radius 3 is 2.65 bits per heavy atom. The van der Waals surface area contributed by atoms with E-state index in [2.05, 4.69) is 10.0 Å². The minimum absolute atomic E-state index is 0.122. The number of rotatable bonds is 7. The molecular weight excluding hydrogens is 282 g/mol. The molecule has 20 heavy (non-hydrogen) atoms. The maximum absolute atomic E-state index is 12.0. The van der Waals surface area contributed by atoms with Gasteiger partial charge in [-0.3, -0.25) is 4.79 Å². The highest BCUT2D eigenvalue weighted by molar-refractivity contribution is 7.88. The van der Waals surface area contributed by atoms with Crippen LogP contribution in [-0.4, -0.2) is 40.3 Å². The van der Waals surface area contributed by atoms with Crippen molar-refractivity contribution in [1.82, 2.24) is 10.0 Å². The molecule has 0 radical (unpaired) electrons. The second-order valence-corrected chi connectivity index (χ2v) is 5.91. The van der Waals surface area contributed by atoms with Gasteiger partial charge in [-0.05, 0) is 19.1 Å². The molecule has 0 saturated heterocycles. The summed E-state index contributed by atoms with van der Waals surface area (Å²) >= 11 is 0. The molecule has 0 heterocycles. The Morgan fingerprint density at radius 1 is 1.35 bits per heavy atom. The number of sulfonamides is 1. The van der Waals surface area contributed by atoms with Crippen LogP contribution in [0, 0.1) is 0 Å². The lowest BCUT2D eigenvalue weighted by Crippen LogP contribution is -2.34.